The van der Waals surface area contributed by atoms with E-state index in [-0.39, 0.29) is 31.1 Å². The van der Waals surface area contributed by atoms with Gasteiger partial charge in [0.15, 0.2) is 6.10 Å². The van der Waals surface area contributed by atoms with E-state index in [1.165, 1.54) is 135 Å². The molecule has 0 aliphatic carbocycles. The van der Waals surface area contributed by atoms with Gasteiger partial charge in [0.1, 0.15) is 13.2 Å². The van der Waals surface area contributed by atoms with Crippen molar-refractivity contribution in [3.63, 3.8) is 0 Å². The van der Waals surface area contributed by atoms with Crippen LogP contribution in [0.1, 0.15) is 233 Å². The lowest BCUT2D eigenvalue weighted by molar-refractivity contribution is -0.167. The first-order valence-electron chi connectivity index (χ1n) is 21.0. The molecule has 48 heavy (non-hydrogen) atoms. The van der Waals surface area contributed by atoms with Crippen molar-refractivity contribution < 1.29 is 28.6 Å². The molecule has 0 aliphatic heterocycles. The lowest BCUT2D eigenvalue weighted by atomic mass is 10.0. The van der Waals surface area contributed by atoms with Crippen LogP contribution in [-0.4, -0.2) is 37.2 Å². The molecule has 0 unspecified atom stereocenters. The molecule has 0 heterocycles. The van der Waals surface area contributed by atoms with E-state index < -0.39 is 6.10 Å². The molecule has 0 spiro atoms. The number of carbonyl (C=O) groups is 3. The topological polar surface area (TPSA) is 78.9 Å². The van der Waals surface area contributed by atoms with E-state index in [0.717, 1.165) is 57.8 Å². The van der Waals surface area contributed by atoms with E-state index in [9.17, 15) is 14.4 Å². The Morgan fingerprint density at radius 3 is 0.833 bits per heavy atom. The molecule has 1 atom stereocenters. The van der Waals surface area contributed by atoms with E-state index in [2.05, 4.69) is 20.8 Å². The van der Waals surface area contributed by atoms with Gasteiger partial charge >= 0.3 is 17.9 Å². The van der Waals surface area contributed by atoms with Crippen LogP contribution in [0.3, 0.4) is 0 Å². The van der Waals surface area contributed by atoms with Gasteiger partial charge in [-0.25, -0.2) is 0 Å². The first kappa shape index (κ1) is 46.4. The van der Waals surface area contributed by atoms with Crippen molar-refractivity contribution in [2.45, 2.75) is 239 Å². The number of carbonyl (C=O) groups excluding carboxylic acids is 3. The lowest BCUT2D eigenvalue weighted by Gasteiger charge is -2.18. The van der Waals surface area contributed by atoms with Crippen molar-refractivity contribution >= 4 is 17.9 Å². The van der Waals surface area contributed by atoms with E-state index in [4.69, 9.17) is 14.2 Å². The number of hydrogen-bond donors (Lipinski definition) is 0. The maximum Gasteiger partial charge on any atom is 0.306 e. The molecular weight excluding hydrogens is 600 g/mol. The first-order chi connectivity index (χ1) is 23.5. The fourth-order valence-electron chi connectivity index (χ4n) is 6.15. The summed E-state index contributed by atoms with van der Waals surface area (Å²) in [6.07, 6.45) is 36.7. The molecule has 0 aromatic rings. The molecule has 0 aliphatic rings. The molecule has 0 N–H and O–H groups in total. The van der Waals surface area contributed by atoms with Crippen LogP contribution in [0.25, 0.3) is 0 Å². The van der Waals surface area contributed by atoms with Crippen molar-refractivity contribution in [2.24, 2.45) is 0 Å². The Kier molecular flexibility index (Phi) is 36.9. The Bertz CT molecular complexity index is 708. The average molecular weight is 681 g/mol. The zero-order valence-corrected chi connectivity index (χ0v) is 32.3. The SMILES string of the molecule is CCCCCCCCCCCCCCCCC(=O)OC[C@@H](COC(=O)CCCCCCCCCCC)OC(=O)CCCCCCCCC. The van der Waals surface area contributed by atoms with Gasteiger partial charge in [0.05, 0.1) is 0 Å². The molecule has 0 saturated carbocycles. The minimum atomic E-state index is -0.755. The maximum absolute atomic E-state index is 12.5. The smallest absolute Gasteiger partial charge is 0.306 e. The summed E-state index contributed by atoms with van der Waals surface area (Å²) in [6, 6.07) is 0. The van der Waals surface area contributed by atoms with Gasteiger partial charge in [-0.1, -0.05) is 194 Å². The Labute approximate surface area is 298 Å². The predicted molar refractivity (Wildman–Crippen MR) is 201 cm³/mol. The molecule has 0 aromatic carbocycles. The number of esters is 3. The average Bonchev–Trinajstić information content (AvgIpc) is 3.08. The van der Waals surface area contributed by atoms with Crippen LogP contribution in [0.15, 0.2) is 0 Å². The highest BCUT2D eigenvalue weighted by Crippen LogP contribution is 2.15. The normalized spacial score (nSPS) is 11.8. The highest BCUT2D eigenvalue weighted by atomic mass is 16.6. The quantitative estimate of drug-likeness (QED) is 0.0367. The van der Waals surface area contributed by atoms with E-state index in [0.29, 0.717) is 19.3 Å². The fourth-order valence-corrected chi connectivity index (χ4v) is 6.15. The molecule has 6 nitrogen and oxygen atoms in total. The van der Waals surface area contributed by atoms with Crippen LogP contribution in [-0.2, 0) is 28.6 Å². The Morgan fingerprint density at radius 2 is 0.562 bits per heavy atom. The molecule has 0 rings (SSSR count). The highest BCUT2D eigenvalue weighted by molar-refractivity contribution is 5.71. The van der Waals surface area contributed by atoms with Crippen molar-refractivity contribution in [3.05, 3.63) is 0 Å². The molecule has 0 bridgehead atoms. The molecule has 0 amide bonds. The summed E-state index contributed by atoms with van der Waals surface area (Å²) < 4.78 is 16.6. The van der Waals surface area contributed by atoms with Gasteiger partial charge < -0.3 is 14.2 Å². The number of hydrogen-bond acceptors (Lipinski definition) is 6. The third kappa shape index (κ3) is 35.7. The van der Waals surface area contributed by atoms with Gasteiger partial charge in [0, 0.05) is 19.3 Å². The molecule has 0 fully saturated rings. The van der Waals surface area contributed by atoms with Gasteiger partial charge in [-0.05, 0) is 19.3 Å². The summed E-state index contributed by atoms with van der Waals surface area (Å²) in [4.78, 5) is 37.4. The Hall–Kier alpha value is -1.59. The maximum atomic E-state index is 12.5. The fraction of sp³-hybridized carbons (Fsp3) is 0.929. The largest absolute Gasteiger partial charge is 0.462 e. The van der Waals surface area contributed by atoms with Crippen LogP contribution in [0.5, 0.6) is 0 Å². The summed E-state index contributed by atoms with van der Waals surface area (Å²) in [5.74, 6) is -0.866. The van der Waals surface area contributed by atoms with Crippen molar-refractivity contribution in [3.8, 4) is 0 Å². The summed E-state index contributed by atoms with van der Waals surface area (Å²) in [5, 5.41) is 0. The monoisotopic (exact) mass is 681 g/mol. The molecule has 0 saturated heterocycles. The van der Waals surface area contributed by atoms with Crippen LogP contribution in [0.2, 0.25) is 0 Å². The second-order valence-electron chi connectivity index (χ2n) is 14.3. The first-order valence-corrected chi connectivity index (χ1v) is 21.0. The number of ether oxygens (including phenoxy) is 3. The summed E-state index contributed by atoms with van der Waals surface area (Å²) in [7, 11) is 0. The van der Waals surface area contributed by atoms with Crippen LogP contribution in [0, 0.1) is 0 Å². The van der Waals surface area contributed by atoms with E-state index in [1.54, 1.807) is 0 Å². The summed E-state index contributed by atoms with van der Waals surface area (Å²) >= 11 is 0. The molecular formula is C42H80O6. The predicted octanol–water partition coefficient (Wildman–Crippen LogP) is 12.9. The molecule has 284 valence electrons. The van der Waals surface area contributed by atoms with Gasteiger partial charge in [0.2, 0.25) is 0 Å². The van der Waals surface area contributed by atoms with Gasteiger partial charge in [-0.15, -0.1) is 0 Å². The number of rotatable bonds is 38. The Balaban J connectivity index is 4.24. The zero-order chi connectivity index (χ0) is 35.2. The van der Waals surface area contributed by atoms with Gasteiger partial charge in [0.25, 0.3) is 0 Å². The zero-order valence-electron chi connectivity index (χ0n) is 32.3. The standard InChI is InChI=1S/C42H80O6/c1-4-7-10-13-16-18-19-20-21-22-24-27-29-32-35-41(44)47-38-39(48-42(45)36-33-30-25-15-12-9-6-3)37-46-40(43)34-31-28-26-23-17-14-11-8-5-2/h39H,4-38H2,1-3H3/t39-/m1/s1. The van der Waals surface area contributed by atoms with Crippen LogP contribution < -0.4 is 0 Å². The van der Waals surface area contributed by atoms with Crippen LogP contribution in [0.4, 0.5) is 0 Å². The van der Waals surface area contributed by atoms with E-state index in [1.807, 2.05) is 0 Å². The van der Waals surface area contributed by atoms with Crippen molar-refractivity contribution in [1.82, 2.24) is 0 Å². The van der Waals surface area contributed by atoms with Crippen molar-refractivity contribution in [2.75, 3.05) is 13.2 Å². The van der Waals surface area contributed by atoms with Gasteiger partial charge in [-0.3, -0.25) is 14.4 Å². The second kappa shape index (κ2) is 38.2. The molecule has 0 aromatic heterocycles. The van der Waals surface area contributed by atoms with Gasteiger partial charge in [-0.2, -0.15) is 0 Å². The Morgan fingerprint density at radius 1 is 0.333 bits per heavy atom. The number of unbranched alkanes of at least 4 members (excludes halogenated alkanes) is 27. The third-order valence-corrected chi connectivity index (χ3v) is 9.36. The molecule has 6 heteroatoms. The van der Waals surface area contributed by atoms with Crippen molar-refractivity contribution in [1.29, 1.82) is 0 Å². The van der Waals surface area contributed by atoms with E-state index >= 15 is 0 Å². The minimum absolute atomic E-state index is 0.0640. The third-order valence-electron chi connectivity index (χ3n) is 9.36. The lowest BCUT2D eigenvalue weighted by Crippen LogP contribution is -2.30. The second-order valence-corrected chi connectivity index (χ2v) is 14.3. The van der Waals surface area contributed by atoms with Crippen LogP contribution >= 0.6 is 0 Å². The molecule has 0 radical (unpaired) electrons. The minimum Gasteiger partial charge on any atom is -0.462 e. The summed E-state index contributed by atoms with van der Waals surface area (Å²) in [6.45, 7) is 6.58. The summed E-state index contributed by atoms with van der Waals surface area (Å²) in [5.41, 5.74) is 0. The highest BCUT2D eigenvalue weighted by Gasteiger charge is 2.19.